The topological polar surface area (TPSA) is 17.1 Å². The molecular weight excluding hydrogens is 196 g/mol. The smallest absolute Gasteiger partial charge is 0.182 e. The van der Waals surface area contributed by atoms with Crippen LogP contribution in [0.1, 0.15) is 11.1 Å². The zero-order valence-electron chi connectivity index (χ0n) is 9.53. The third kappa shape index (κ3) is 2.19. The Labute approximate surface area is 95.4 Å². The van der Waals surface area contributed by atoms with Gasteiger partial charge in [0, 0.05) is 0 Å². The van der Waals surface area contributed by atoms with Gasteiger partial charge in [0.15, 0.2) is 5.43 Å². The largest absolute Gasteiger partial charge is 0.290 e. The summed E-state index contributed by atoms with van der Waals surface area (Å²) in [6.07, 6.45) is 0. The van der Waals surface area contributed by atoms with E-state index in [0.29, 0.717) is 0 Å². The molecule has 1 heteroatoms. The average molecular weight is 210 g/mol. The van der Waals surface area contributed by atoms with Crippen molar-refractivity contribution in [1.82, 2.24) is 0 Å². The predicted molar refractivity (Wildman–Crippen MR) is 67.6 cm³/mol. The van der Waals surface area contributed by atoms with Gasteiger partial charge in [0.05, 0.1) is 0 Å². The highest BCUT2D eigenvalue weighted by molar-refractivity contribution is 5.63. The summed E-state index contributed by atoms with van der Waals surface area (Å²) in [6, 6.07) is 15.6. The molecule has 16 heavy (non-hydrogen) atoms. The first kappa shape index (κ1) is 10.6. The van der Waals surface area contributed by atoms with Gasteiger partial charge in [-0.25, -0.2) is 0 Å². The lowest BCUT2D eigenvalue weighted by Gasteiger charge is -1.98. The van der Waals surface area contributed by atoms with E-state index in [1.807, 2.05) is 37.3 Å². The standard InChI is InChI=1S/C15H14O/c1-11-6-8-13(9-7-11)14-5-3-4-12(2)15(16)10-14/h3-10H,1-2H3. The lowest BCUT2D eigenvalue weighted by molar-refractivity contribution is 1.43. The normalized spacial score (nSPS) is 10.1. The molecule has 0 bridgehead atoms. The van der Waals surface area contributed by atoms with E-state index in [0.717, 1.165) is 16.7 Å². The molecule has 0 fully saturated rings. The maximum absolute atomic E-state index is 11.7. The fourth-order valence-electron chi connectivity index (χ4n) is 1.61. The van der Waals surface area contributed by atoms with E-state index in [1.54, 1.807) is 6.07 Å². The Morgan fingerprint density at radius 3 is 2.19 bits per heavy atom. The lowest BCUT2D eigenvalue weighted by atomic mass is 10.1. The number of aryl methyl sites for hydroxylation is 2. The molecule has 1 nitrogen and oxygen atoms in total. The molecule has 0 N–H and O–H groups in total. The highest BCUT2D eigenvalue weighted by atomic mass is 16.1. The monoisotopic (exact) mass is 210 g/mol. The van der Waals surface area contributed by atoms with Gasteiger partial charge in [0.25, 0.3) is 0 Å². The summed E-state index contributed by atoms with van der Waals surface area (Å²) in [5.74, 6) is 0. The van der Waals surface area contributed by atoms with E-state index in [9.17, 15) is 4.79 Å². The van der Waals surface area contributed by atoms with Gasteiger partial charge in [-0.1, -0.05) is 48.0 Å². The Balaban J connectivity index is 2.58. The van der Waals surface area contributed by atoms with Crippen LogP contribution >= 0.6 is 0 Å². The molecule has 2 aromatic carbocycles. The van der Waals surface area contributed by atoms with Crippen molar-refractivity contribution < 1.29 is 0 Å². The van der Waals surface area contributed by atoms with E-state index in [2.05, 4.69) is 19.1 Å². The van der Waals surface area contributed by atoms with Crippen molar-refractivity contribution in [2.45, 2.75) is 13.8 Å². The van der Waals surface area contributed by atoms with Crippen molar-refractivity contribution in [2.75, 3.05) is 0 Å². The van der Waals surface area contributed by atoms with E-state index in [4.69, 9.17) is 0 Å². The van der Waals surface area contributed by atoms with Gasteiger partial charge in [0.2, 0.25) is 0 Å². The summed E-state index contributed by atoms with van der Waals surface area (Å²) in [5, 5.41) is 0. The lowest BCUT2D eigenvalue weighted by Crippen LogP contribution is -1.98. The Morgan fingerprint density at radius 2 is 1.50 bits per heavy atom. The van der Waals surface area contributed by atoms with Crippen LogP contribution in [0.3, 0.4) is 0 Å². The summed E-state index contributed by atoms with van der Waals surface area (Å²) in [7, 11) is 0. The molecule has 0 aliphatic heterocycles. The SMILES string of the molecule is Cc1ccc(-c2cccc(C)c(=O)c2)cc1. The Bertz CT molecular complexity index is 553. The van der Waals surface area contributed by atoms with E-state index in [-0.39, 0.29) is 5.43 Å². The zero-order chi connectivity index (χ0) is 11.5. The van der Waals surface area contributed by atoms with E-state index in [1.165, 1.54) is 5.56 Å². The van der Waals surface area contributed by atoms with Crippen LogP contribution in [0.25, 0.3) is 11.1 Å². The number of benzene rings is 1. The molecule has 0 aromatic heterocycles. The van der Waals surface area contributed by atoms with Gasteiger partial charge >= 0.3 is 0 Å². The minimum Gasteiger partial charge on any atom is -0.290 e. The van der Waals surface area contributed by atoms with Crippen LogP contribution in [0.4, 0.5) is 0 Å². The first-order valence-electron chi connectivity index (χ1n) is 5.35. The molecule has 2 aromatic rings. The first-order chi connectivity index (χ1) is 7.66. The molecule has 0 atom stereocenters. The molecule has 0 heterocycles. The third-order valence-corrected chi connectivity index (χ3v) is 2.68. The van der Waals surface area contributed by atoms with E-state index >= 15 is 0 Å². The highest BCUT2D eigenvalue weighted by Gasteiger charge is 1.97. The Hall–Kier alpha value is -1.89. The highest BCUT2D eigenvalue weighted by Crippen LogP contribution is 2.17. The van der Waals surface area contributed by atoms with Crippen molar-refractivity contribution in [3.63, 3.8) is 0 Å². The van der Waals surface area contributed by atoms with Crippen LogP contribution in [-0.4, -0.2) is 0 Å². The second-order valence-electron chi connectivity index (χ2n) is 4.04. The fraction of sp³-hybridized carbons (Fsp3) is 0.133. The van der Waals surface area contributed by atoms with Crippen molar-refractivity contribution in [3.05, 3.63) is 69.9 Å². The van der Waals surface area contributed by atoms with Crippen molar-refractivity contribution in [3.8, 4) is 11.1 Å². The molecule has 0 amide bonds. The second-order valence-corrected chi connectivity index (χ2v) is 4.04. The molecule has 0 unspecified atom stereocenters. The molecule has 2 rings (SSSR count). The predicted octanol–water partition coefficient (Wildman–Crippen LogP) is 3.33. The molecule has 0 radical (unpaired) electrons. The number of rotatable bonds is 1. The van der Waals surface area contributed by atoms with Crippen LogP contribution in [-0.2, 0) is 0 Å². The van der Waals surface area contributed by atoms with Gasteiger partial charge in [-0.05, 0) is 36.6 Å². The summed E-state index contributed by atoms with van der Waals surface area (Å²) in [6.45, 7) is 3.89. The van der Waals surface area contributed by atoms with Crippen molar-refractivity contribution in [1.29, 1.82) is 0 Å². The van der Waals surface area contributed by atoms with Gasteiger partial charge < -0.3 is 0 Å². The summed E-state index contributed by atoms with van der Waals surface area (Å²) in [4.78, 5) is 11.7. The maximum atomic E-state index is 11.7. The number of hydrogen-bond donors (Lipinski definition) is 0. The van der Waals surface area contributed by atoms with E-state index < -0.39 is 0 Å². The van der Waals surface area contributed by atoms with Gasteiger partial charge in [-0.15, -0.1) is 0 Å². The minimum absolute atomic E-state index is 0.0839. The molecule has 0 saturated carbocycles. The molecule has 0 spiro atoms. The fourth-order valence-corrected chi connectivity index (χ4v) is 1.61. The molecule has 0 aliphatic rings. The Kier molecular flexibility index (Phi) is 2.86. The molecular formula is C15H14O. The summed E-state index contributed by atoms with van der Waals surface area (Å²) in [5.41, 5.74) is 4.14. The second kappa shape index (κ2) is 4.31. The quantitative estimate of drug-likeness (QED) is 0.705. The van der Waals surface area contributed by atoms with Crippen molar-refractivity contribution in [2.24, 2.45) is 0 Å². The molecule has 0 aliphatic carbocycles. The Morgan fingerprint density at radius 1 is 0.812 bits per heavy atom. The van der Waals surface area contributed by atoms with Crippen molar-refractivity contribution >= 4 is 0 Å². The van der Waals surface area contributed by atoms with Gasteiger partial charge in [-0.2, -0.15) is 0 Å². The van der Waals surface area contributed by atoms with Crippen LogP contribution in [0.5, 0.6) is 0 Å². The average Bonchev–Trinajstić information content (AvgIpc) is 2.43. The molecule has 80 valence electrons. The summed E-state index contributed by atoms with van der Waals surface area (Å²) >= 11 is 0. The first-order valence-corrected chi connectivity index (χ1v) is 5.35. The number of hydrogen-bond acceptors (Lipinski definition) is 1. The molecule has 0 saturated heterocycles. The van der Waals surface area contributed by atoms with Crippen LogP contribution in [0.2, 0.25) is 0 Å². The van der Waals surface area contributed by atoms with Crippen LogP contribution in [0, 0.1) is 13.8 Å². The summed E-state index contributed by atoms with van der Waals surface area (Å²) < 4.78 is 0. The zero-order valence-corrected chi connectivity index (χ0v) is 9.53. The van der Waals surface area contributed by atoms with Gasteiger partial charge in [0.1, 0.15) is 0 Å². The maximum Gasteiger partial charge on any atom is 0.182 e. The van der Waals surface area contributed by atoms with Gasteiger partial charge in [-0.3, -0.25) is 4.79 Å². The van der Waals surface area contributed by atoms with Crippen LogP contribution in [0.15, 0.2) is 53.3 Å². The van der Waals surface area contributed by atoms with Crippen LogP contribution < -0.4 is 5.43 Å². The third-order valence-electron chi connectivity index (χ3n) is 2.68. The minimum atomic E-state index is 0.0839.